The number of aromatic nitrogens is 2. The summed E-state index contributed by atoms with van der Waals surface area (Å²) in [7, 11) is 1.88. The van der Waals surface area contributed by atoms with Gasteiger partial charge in [0.15, 0.2) is 5.78 Å². The molecule has 17 heavy (non-hydrogen) atoms. The number of carbonyl (C=O) groups excluding carboxylic acids is 1. The summed E-state index contributed by atoms with van der Waals surface area (Å²) in [6.45, 7) is 5.23. The van der Waals surface area contributed by atoms with Crippen molar-refractivity contribution in [3.8, 4) is 0 Å². The van der Waals surface area contributed by atoms with Crippen LogP contribution in [0.3, 0.4) is 0 Å². The highest BCUT2D eigenvalue weighted by Gasteiger charge is 2.35. The van der Waals surface area contributed by atoms with E-state index in [1.54, 1.807) is 4.68 Å². The average molecular weight is 234 g/mol. The molecule has 5 nitrogen and oxygen atoms in total. The van der Waals surface area contributed by atoms with E-state index in [-0.39, 0.29) is 6.04 Å². The first-order valence-electron chi connectivity index (χ1n) is 6.20. The summed E-state index contributed by atoms with van der Waals surface area (Å²) in [6, 6.07) is 2.02. The van der Waals surface area contributed by atoms with E-state index in [2.05, 4.69) is 14.9 Å². The number of ketones is 1. The highest BCUT2D eigenvalue weighted by molar-refractivity contribution is 5.86. The Morgan fingerprint density at radius 2 is 2.18 bits per heavy atom. The Kier molecular flexibility index (Phi) is 2.72. The fourth-order valence-electron chi connectivity index (χ4n) is 2.78. The highest BCUT2D eigenvalue weighted by atomic mass is 16.1. The van der Waals surface area contributed by atoms with Crippen LogP contribution in [-0.4, -0.2) is 64.1 Å². The summed E-state index contributed by atoms with van der Waals surface area (Å²) in [5, 5.41) is 4.27. The molecular formula is C12H18N4O. The molecule has 3 fully saturated rings. The molecule has 1 aromatic rings. The molecule has 1 atom stereocenters. The minimum absolute atomic E-state index is 0.0968. The van der Waals surface area contributed by atoms with Crippen molar-refractivity contribution in [2.45, 2.75) is 12.5 Å². The molecule has 0 radical (unpaired) electrons. The van der Waals surface area contributed by atoms with E-state index in [9.17, 15) is 4.79 Å². The van der Waals surface area contributed by atoms with Crippen molar-refractivity contribution in [3.05, 3.63) is 18.0 Å². The van der Waals surface area contributed by atoms with Gasteiger partial charge in [0.2, 0.25) is 0 Å². The molecular weight excluding hydrogens is 216 g/mol. The van der Waals surface area contributed by atoms with E-state index >= 15 is 0 Å². The topological polar surface area (TPSA) is 41.4 Å². The third kappa shape index (κ3) is 2.12. The van der Waals surface area contributed by atoms with Crippen LogP contribution in [0.1, 0.15) is 5.69 Å². The second-order valence-electron chi connectivity index (χ2n) is 4.98. The fraction of sp³-hybridized carbons (Fsp3) is 0.667. The van der Waals surface area contributed by atoms with Crippen LogP contribution in [-0.2, 0) is 18.3 Å². The van der Waals surface area contributed by atoms with Gasteiger partial charge in [-0.3, -0.25) is 19.3 Å². The van der Waals surface area contributed by atoms with E-state index in [1.807, 2.05) is 19.3 Å². The average Bonchev–Trinajstić information content (AvgIpc) is 2.76. The van der Waals surface area contributed by atoms with Crippen molar-refractivity contribution >= 4 is 5.78 Å². The summed E-state index contributed by atoms with van der Waals surface area (Å²) in [5.41, 5.74) is 0.884. The number of hydrogen-bond donors (Lipinski definition) is 0. The van der Waals surface area contributed by atoms with E-state index in [0.29, 0.717) is 12.2 Å². The van der Waals surface area contributed by atoms with Gasteiger partial charge in [-0.2, -0.15) is 5.10 Å². The third-order valence-corrected chi connectivity index (χ3v) is 3.77. The Labute approximate surface area is 101 Å². The fourth-order valence-corrected chi connectivity index (χ4v) is 2.78. The van der Waals surface area contributed by atoms with E-state index in [0.717, 1.165) is 38.4 Å². The molecule has 4 rings (SSSR count). The number of fused-ring (bicyclic) bond motifs is 3. The zero-order valence-electron chi connectivity index (χ0n) is 10.2. The Bertz CT molecular complexity index is 420. The molecule has 5 heteroatoms. The van der Waals surface area contributed by atoms with Crippen molar-refractivity contribution in [2.24, 2.45) is 7.05 Å². The third-order valence-electron chi connectivity index (χ3n) is 3.77. The maximum Gasteiger partial charge on any atom is 0.157 e. The number of Topliss-reactive ketones (excluding diaryl/α,β-unsaturated/α-hetero) is 1. The van der Waals surface area contributed by atoms with E-state index in [1.165, 1.54) is 0 Å². The number of aryl methyl sites for hydroxylation is 1. The van der Waals surface area contributed by atoms with Gasteiger partial charge in [-0.25, -0.2) is 0 Å². The number of carbonyl (C=O) groups is 1. The van der Waals surface area contributed by atoms with Gasteiger partial charge < -0.3 is 0 Å². The number of rotatable bonds is 3. The van der Waals surface area contributed by atoms with E-state index < -0.39 is 0 Å². The summed E-state index contributed by atoms with van der Waals surface area (Å²) in [4.78, 5) is 17.0. The Hall–Kier alpha value is -1.20. The molecule has 3 aliphatic heterocycles. The Balaban J connectivity index is 1.66. The number of piperazine rings is 3. The molecule has 4 heterocycles. The van der Waals surface area contributed by atoms with Gasteiger partial charge in [0.05, 0.1) is 18.2 Å². The van der Waals surface area contributed by atoms with Gasteiger partial charge in [-0.15, -0.1) is 0 Å². The molecule has 0 N–H and O–H groups in total. The normalized spacial score (nSPS) is 31.7. The van der Waals surface area contributed by atoms with Crippen LogP contribution in [0.15, 0.2) is 12.3 Å². The van der Waals surface area contributed by atoms with Crippen LogP contribution < -0.4 is 0 Å². The lowest BCUT2D eigenvalue weighted by Gasteiger charge is -2.46. The van der Waals surface area contributed by atoms with Gasteiger partial charge >= 0.3 is 0 Å². The summed E-state index contributed by atoms with van der Waals surface area (Å²) in [6.07, 6.45) is 2.36. The smallest absolute Gasteiger partial charge is 0.157 e. The zero-order valence-corrected chi connectivity index (χ0v) is 10.2. The Morgan fingerprint density at radius 1 is 1.41 bits per heavy atom. The Morgan fingerprint density at radius 3 is 2.71 bits per heavy atom. The lowest BCUT2D eigenvalue weighted by molar-refractivity contribution is -0.128. The van der Waals surface area contributed by atoms with Crippen LogP contribution in [0.25, 0.3) is 0 Å². The van der Waals surface area contributed by atoms with Gasteiger partial charge in [-0.05, 0) is 6.07 Å². The molecule has 2 bridgehead atoms. The molecule has 92 valence electrons. The molecule has 3 saturated heterocycles. The zero-order chi connectivity index (χ0) is 11.8. The monoisotopic (exact) mass is 234 g/mol. The second kappa shape index (κ2) is 4.23. The van der Waals surface area contributed by atoms with Crippen molar-refractivity contribution < 1.29 is 4.79 Å². The lowest BCUT2D eigenvalue weighted by Crippen LogP contribution is -2.63. The summed E-state index contributed by atoms with van der Waals surface area (Å²) < 4.78 is 1.75. The molecule has 1 unspecified atom stereocenters. The maximum atomic E-state index is 12.2. The molecule has 0 aliphatic carbocycles. The van der Waals surface area contributed by atoms with Crippen LogP contribution in [0, 0.1) is 0 Å². The van der Waals surface area contributed by atoms with Crippen molar-refractivity contribution in [1.29, 1.82) is 0 Å². The standard InChI is InChI=1S/C12H18N4O/c1-14-3-2-10(13-14)8-12(17)11-9-15-4-6-16(11)7-5-15/h2-3,11H,4-9H2,1H3. The molecule has 1 aromatic heterocycles. The van der Waals surface area contributed by atoms with Crippen LogP contribution in [0.5, 0.6) is 0 Å². The van der Waals surface area contributed by atoms with Gasteiger partial charge in [0.25, 0.3) is 0 Å². The molecule has 0 amide bonds. The minimum Gasteiger partial charge on any atom is -0.299 e. The summed E-state index contributed by atoms with van der Waals surface area (Å²) >= 11 is 0. The molecule has 0 aromatic carbocycles. The first-order chi connectivity index (χ1) is 8.22. The van der Waals surface area contributed by atoms with Crippen LogP contribution >= 0.6 is 0 Å². The molecule has 3 aliphatic rings. The van der Waals surface area contributed by atoms with Gasteiger partial charge in [-0.1, -0.05) is 0 Å². The minimum atomic E-state index is 0.0968. The first-order valence-corrected chi connectivity index (χ1v) is 6.20. The summed E-state index contributed by atoms with van der Waals surface area (Å²) in [5.74, 6) is 0.313. The molecule has 0 saturated carbocycles. The van der Waals surface area contributed by atoms with Crippen LogP contribution in [0.2, 0.25) is 0 Å². The quantitative estimate of drug-likeness (QED) is 0.709. The van der Waals surface area contributed by atoms with Gasteiger partial charge in [0, 0.05) is 46.0 Å². The number of hydrogen-bond acceptors (Lipinski definition) is 4. The number of nitrogens with zero attached hydrogens (tertiary/aromatic N) is 4. The predicted octanol–water partition coefficient (Wildman–Crippen LogP) is -0.468. The van der Waals surface area contributed by atoms with Crippen molar-refractivity contribution in [3.63, 3.8) is 0 Å². The van der Waals surface area contributed by atoms with E-state index in [4.69, 9.17) is 0 Å². The lowest BCUT2D eigenvalue weighted by atomic mass is 10.0. The second-order valence-corrected chi connectivity index (χ2v) is 4.98. The highest BCUT2D eigenvalue weighted by Crippen LogP contribution is 2.17. The van der Waals surface area contributed by atoms with Crippen molar-refractivity contribution in [1.82, 2.24) is 19.6 Å². The largest absolute Gasteiger partial charge is 0.299 e. The molecule has 0 spiro atoms. The van der Waals surface area contributed by atoms with Crippen LogP contribution in [0.4, 0.5) is 0 Å². The van der Waals surface area contributed by atoms with Gasteiger partial charge in [0.1, 0.15) is 0 Å². The first kappa shape index (κ1) is 10.9. The van der Waals surface area contributed by atoms with Crippen molar-refractivity contribution in [2.75, 3.05) is 32.7 Å². The maximum absolute atomic E-state index is 12.2. The SMILES string of the molecule is Cn1ccc(CC(=O)C2CN3CCN2CC3)n1. The predicted molar refractivity (Wildman–Crippen MR) is 63.7 cm³/mol.